The van der Waals surface area contributed by atoms with E-state index < -0.39 is 11.8 Å². The summed E-state index contributed by atoms with van der Waals surface area (Å²) in [6.07, 6.45) is 1.36. The van der Waals surface area contributed by atoms with Crippen LogP contribution in [0.2, 0.25) is 0 Å². The minimum absolute atomic E-state index is 0.0938. The van der Waals surface area contributed by atoms with Crippen molar-refractivity contribution < 1.29 is 14.7 Å². The van der Waals surface area contributed by atoms with Gasteiger partial charge in [0, 0.05) is 0 Å². The number of carbonyl (C=O) groups is 2. The molecule has 1 aliphatic heterocycles. The molecule has 5 heteroatoms. The van der Waals surface area contributed by atoms with Crippen LogP contribution in [-0.4, -0.2) is 28.1 Å². The summed E-state index contributed by atoms with van der Waals surface area (Å²) in [7, 11) is 0. The maximum Gasteiger partial charge on any atom is 0.282 e. The molecule has 20 heavy (non-hydrogen) atoms. The summed E-state index contributed by atoms with van der Waals surface area (Å²) in [6, 6.07) is 13.0. The third kappa shape index (κ3) is 1.95. The van der Waals surface area contributed by atoms with Crippen molar-refractivity contribution in [3.05, 3.63) is 65.2 Å². The number of benzene rings is 2. The molecule has 0 radical (unpaired) electrons. The van der Waals surface area contributed by atoms with E-state index in [1.165, 1.54) is 18.3 Å². The van der Waals surface area contributed by atoms with Crippen LogP contribution in [-0.2, 0) is 0 Å². The number of fused-ring (bicyclic) bond motifs is 1. The van der Waals surface area contributed by atoms with Crippen molar-refractivity contribution in [2.45, 2.75) is 0 Å². The van der Waals surface area contributed by atoms with Crippen molar-refractivity contribution in [3.63, 3.8) is 0 Å². The monoisotopic (exact) mass is 266 g/mol. The van der Waals surface area contributed by atoms with Crippen LogP contribution in [0.3, 0.4) is 0 Å². The number of carbonyl (C=O) groups excluding carboxylic acids is 2. The van der Waals surface area contributed by atoms with E-state index >= 15 is 0 Å². The summed E-state index contributed by atoms with van der Waals surface area (Å²) in [5.74, 6) is -0.791. The highest BCUT2D eigenvalue weighted by Gasteiger charge is 2.35. The zero-order valence-corrected chi connectivity index (χ0v) is 10.4. The quantitative estimate of drug-likeness (QED) is 0.667. The zero-order chi connectivity index (χ0) is 14.1. The highest BCUT2D eigenvalue weighted by Crippen LogP contribution is 2.22. The van der Waals surface area contributed by atoms with Crippen LogP contribution in [0.25, 0.3) is 0 Å². The van der Waals surface area contributed by atoms with Crippen molar-refractivity contribution in [1.29, 1.82) is 0 Å². The predicted octanol–water partition coefficient (Wildman–Crippen LogP) is 2.02. The van der Waals surface area contributed by atoms with Gasteiger partial charge in [0.25, 0.3) is 11.8 Å². The molecule has 0 spiro atoms. The SMILES string of the molecule is O=C1c2ccccc2C(=O)N1/N=C\c1cccc(O)c1. The Bertz CT molecular complexity index is 702. The number of hydrazone groups is 1. The van der Waals surface area contributed by atoms with Gasteiger partial charge in [-0.1, -0.05) is 24.3 Å². The number of nitrogens with zero attached hydrogens (tertiary/aromatic N) is 2. The summed E-state index contributed by atoms with van der Waals surface area (Å²) in [5.41, 5.74) is 1.30. The Balaban J connectivity index is 1.90. The topological polar surface area (TPSA) is 70.0 Å². The molecule has 0 unspecified atom stereocenters. The van der Waals surface area contributed by atoms with Crippen LogP contribution in [0, 0.1) is 0 Å². The predicted molar refractivity (Wildman–Crippen MR) is 72.6 cm³/mol. The van der Waals surface area contributed by atoms with E-state index in [4.69, 9.17) is 0 Å². The molecule has 2 aromatic carbocycles. The zero-order valence-electron chi connectivity index (χ0n) is 10.4. The van der Waals surface area contributed by atoms with Gasteiger partial charge in [0.1, 0.15) is 5.75 Å². The first kappa shape index (κ1) is 12.1. The van der Waals surface area contributed by atoms with Gasteiger partial charge in [0.15, 0.2) is 0 Å². The van der Waals surface area contributed by atoms with Gasteiger partial charge >= 0.3 is 0 Å². The fourth-order valence-corrected chi connectivity index (χ4v) is 2.01. The minimum atomic E-state index is -0.443. The number of hydrogen-bond donors (Lipinski definition) is 1. The number of hydrogen-bond acceptors (Lipinski definition) is 4. The molecule has 0 saturated carbocycles. The molecule has 0 aliphatic carbocycles. The van der Waals surface area contributed by atoms with E-state index in [1.54, 1.807) is 36.4 Å². The fourth-order valence-electron chi connectivity index (χ4n) is 2.01. The van der Waals surface area contributed by atoms with E-state index in [9.17, 15) is 14.7 Å². The van der Waals surface area contributed by atoms with E-state index in [-0.39, 0.29) is 5.75 Å². The lowest BCUT2D eigenvalue weighted by Crippen LogP contribution is -2.23. The lowest BCUT2D eigenvalue weighted by molar-refractivity contribution is 0.0660. The summed E-state index contributed by atoms with van der Waals surface area (Å²) in [5, 5.41) is 14.1. The molecule has 0 atom stereocenters. The van der Waals surface area contributed by atoms with Gasteiger partial charge in [-0.15, -0.1) is 0 Å². The second-order valence-electron chi connectivity index (χ2n) is 4.31. The molecule has 1 N–H and O–H groups in total. The Morgan fingerprint density at radius 1 is 0.950 bits per heavy atom. The molecular weight excluding hydrogens is 256 g/mol. The fraction of sp³-hybridized carbons (Fsp3) is 0. The summed E-state index contributed by atoms with van der Waals surface area (Å²) in [4.78, 5) is 24.1. The largest absolute Gasteiger partial charge is 0.508 e. The molecule has 1 aliphatic rings. The van der Waals surface area contributed by atoms with Gasteiger partial charge in [0.05, 0.1) is 17.3 Å². The van der Waals surface area contributed by atoms with E-state index in [2.05, 4.69) is 5.10 Å². The lowest BCUT2D eigenvalue weighted by atomic mass is 10.1. The number of phenolic OH excluding ortho intramolecular Hbond substituents is 1. The van der Waals surface area contributed by atoms with Crippen molar-refractivity contribution in [3.8, 4) is 5.75 Å². The molecule has 0 saturated heterocycles. The maximum atomic E-state index is 12.0. The van der Waals surface area contributed by atoms with Gasteiger partial charge < -0.3 is 5.11 Å². The Kier molecular flexibility index (Phi) is 2.80. The van der Waals surface area contributed by atoms with Crippen LogP contribution in [0.5, 0.6) is 5.75 Å². The molecule has 0 fully saturated rings. The highest BCUT2D eigenvalue weighted by atomic mass is 16.3. The van der Waals surface area contributed by atoms with Gasteiger partial charge in [-0.3, -0.25) is 9.59 Å². The van der Waals surface area contributed by atoms with Crippen LogP contribution in [0.1, 0.15) is 26.3 Å². The molecule has 0 bridgehead atoms. The van der Waals surface area contributed by atoms with Crippen LogP contribution in [0.4, 0.5) is 0 Å². The van der Waals surface area contributed by atoms with E-state index in [0.717, 1.165) is 5.01 Å². The molecule has 98 valence electrons. The number of imide groups is 1. The average molecular weight is 266 g/mol. The Labute approximate surface area is 114 Å². The van der Waals surface area contributed by atoms with Gasteiger partial charge in [-0.25, -0.2) is 0 Å². The number of rotatable bonds is 2. The first-order valence-electron chi connectivity index (χ1n) is 5.97. The van der Waals surface area contributed by atoms with Crippen molar-refractivity contribution in [2.75, 3.05) is 0 Å². The lowest BCUT2D eigenvalue weighted by Gasteiger charge is -2.05. The van der Waals surface area contributed by atoms with E-state index in [1.807, 2.05) is 0 Å². The number of amides is 2. The molecule has 5 nitrogen and oxygen atoms in total. The first-order chi connectivity index (χ1) is 9.66. The molecule has 0 aromatic heterocycles. The van der Waals surface area contributed by atoms with Crippen LogP contribution < -0.4 is 0 Å². The van der Waals surface area contributed by atoms with Gasteiger partial charge in [0.2, 0.25) is 0 Å². The third-order valence-corrected chi connectivity index (χ3v) is 2.97. The van der Waals surface area contributed by atoms with E-state index in [0.29, 0.717) is 16.7 Å². The standard InChI is InChI=1S/C15H10N2O3/c18-11-5-3-4-10(8-11)9-16-17-14(19)12-6-1-2-7-13(12)15(17)20/h1-9,18H/b16-9-. The van der Waals surface area contributed by atoms with Crippen molar-refractivity contribution >= 4 is 18.0 Å². The van der Waals surface area contributed by atoms with Gasteiger partial charge in [-0.05, 0) is 29.8 Å². The number of phenols is 1. The van der Waals surface area contributed by atoms with Crippen LogP contribution >= 0.6 is 0 Å². The van der Waals surface area contributed by atoms with Crippen LogP contribution in [0.15, 0.2) is 53.6 Å². The van der Waals surface area contributed by atoms with Crippen molar-refractivity contribution in [1.82, 2.24) is 5.01 Å². The molecule has 2 aromatic rings. The third-order valence-electron chi connectivity index (χ3n) is 2.97. The highest BCUT2D eigenvalue weighted by molar-refractivity contribution is 6.21. The second kappa shape index (κ2) is 4.62. The van der Waals surface area contributed by atoms with Crippen molar-refractivity contribution in [2.24, 2.45) is 5.10 Å². The summed E-state index contributed by atoms with van der Waals surface area (Å²) < 4.78 is 0. The minimum Gasteiger partial charge on any atom is -0.508 e. The average Bonchev–Trinajstić information content (AvgIpc) is 2.70. The Morgan fingerprint density at radius 2 is 1.60 bits per heavy atom. The maximum absolute atomic E-state index is 12.0. The smallest absolute Gasteiger partial charge is 0.282 e. The normalized spacial score (nSPS) is 14.1. The van der Waals surface area contributed by atoms with Gasteiger partial charge in [-0.2, -0.15) is 10.1 Å². The summed E-state index contributed by atoms with van der Waals surface area (Å²) >= 11 is 0. The molecule has 3 rings (SSSR count). The summed E-state index contributed by atoms with van der Waals surface area (Å²) in [6.45, 7) is 0. The molecule has 1 heterocycles. The Hall–Kier alpha value is -2.95. The molecular formula is C15H10N2O3. The molecule has 2 amide bonds. The second-order valence-corrected chi connectivity index (χ2v) is 4.31. The number of aromatic hydroxyl groups is 1. The Morgan fingerprint density at radius 3 is 2.20 bits per heavy atom. The first-order valence-corrected chi connectivity index (χ1v) is 5.97.